The van der Waals surface area contributed by atoms with Crippen LogP contribution in [0, 0.1) is 17.5 Å². The molecule has 0 saturated heterocycles. The van der Waals surface area contributed by atoms with Gasteiger partial charge in [0, 0.05) is 0 Å². The van der Waals surface area contributed by atoms with E-state index in [9.17, 15) is 18.0 Å². The topological polar surface area (TPSA) is 77.2 Å². The Labute approximate surface area is 117 Å². The molecule has 8 heteroatoms. The first kappa shape index (κ1) is 14.6. The highest BCUT2D eigenvalue weighted by Gasteiger charge is 2.16. The van der Waals surface area contributed by atoms with Gasteiger partial charge in [0.15, 0.2) is 17.5 Å². The molecule has 21 heavy (non-hydrogen) atoms. The van der Waals surface area contributed by atoms with Gasteiger partial charge in [-0.15, -0.1) is 0 Å². The predicted octanol–water partition coefficient (Wildman–Crippen LogP) is 2.61. The van der Waals surface area contributed by atoms with Gasteiger partial charge in [0.25, 0.3) is 0 Å². The normalized spacial score (nSPS) is 10.3. The van der Waals surface area contributed by atoms with Gasteiger partial charge in [-0.2, -0.15) is 0 Å². The molecule has 0 unspecified atom stereocenters. The number of carbonyl (C=O) groups is 1. The molecule has 0 radical (unpaired) electrons. The van der Waals surface area contributed by atoms with E-state index in [4.69, 9.17) is 5.73 Å². The van der Waals surface area contributed by atoms with Crippen molar-refractivity contribution < 1.29 is 22.7 Å². The maximum absolute atomic E-state index is 13.5. The molecule has 0 aliphatic rings. The molecule has 0 saturated carbocycles. The number of esters is 1. The molecule has 1 heterocycles. The number of methoxy groups -OCH3 is 1. The van der Waals surface area contributed by atoms with Crippen molar-refractivity contribution in [2.45, 2.75) is 0 Å². The molecule has 110 valence electrons. The number of nitrogens with two attached hydrogens (primary N) is 1. The SMILES string of the molecule is COC(=O)c1cc(Nc2ccc(F)c(F)c2F)ncc1N. The number of anilines is 3. The summed E-state index contributed by atoms with van der Waals surface area (Å²) in [6.07, 6.45) is 1.16. The minimum atomic E-state index is -1.61. The van der Waals surface area contributed by atoms with E-state index in [0.717, 1.165) is 18.3 Å². The van der Waals surface area contributed by atoms with E-state index < -0.39 is 23.4 Å². The summed E-state index contributed by atoms with van der Waals surface area (Å²) in [5.41, 5.74) is 5.31. The summed E-state index contributed by atoms with van der Waals surface area (Å²) < 4.78 is 44.0. The number of aromatic nitrogens is 1. The average molecular weight is 297 g/mol. The lowest BCUT2D eigenvalue weighted by molar-refractivity contribution is 0.0602. The van der Waals surface area contributed by atoms with Crippen molar-refractivity contribution in [1.29, 1.82) is 0 Å². The Hall–Kier alpha value is -2.77. The molecule has 3 N–H and O–H groups in total. The molecule has 5 nitrogen and oxygen atoms in total. The maximum atomic E-state index is 13.5. The Morgan fingerprint density at radius 2 is 2.00 bits per heavy atom. The predicted molar refractivity (Wildman–Crippen MR) is 69.6 cm³/mol. The van der Waals surface area contributed by atoms with Crippen LogP contribution >= 0.6 is 0 Å². The molecule has 2 rings (SSSR count). The molecular formula is C13H10F3N3O2. The van der Waals surface area contributed by atoms with Crippen LogP contribution in [-0.2, 0) is 4.74 Å². The van der Waals surface area contributed by atoms with E-state index in [-0.39, 0.29) is 22.8 Å². The van der Waals surface area contributed by atoms with Crippen LogP contribution in [0.3, 0.4) is 0 Å². The van der Waals surface area contributed by atoms with Crippen LogP contribution in [-0.4, -0.2) is 18.1 Å². The van der Waals surface area contributed by atoms with Crippen molar-refractivity contribution in [1.82, 2.24) is 4.98 Å². The number of nitrogens with one attached hydrogen (secondary N) is 1. The van der Waals surface area contributed by atoms with Gasteiger partial charge in [0.1, 0.15) is 5.82 Å². The van der Waals surface area contributed by atoms with Crippen LogP contribution in [0.5, 0.6) is 0 Å². The van der Waals surface area contributed by atoms with E-state index in [1.807, 2.05) is 0 Å². The lowest BCUT2D eigenvalue weighted by atomic mass is 10.2. The number of pyridine rings is 1. The lowest BCUT2D eigenvalue weighted by Crippen LogP contribution is -2.08. The molecule has 2 aromatic rings. The Morgan fingerprint density at radius 3 is 2.67 bits per heavy atom. The van der Waals surface area contributed by atoms with E-state index >= 15 is 0 Å². The zero-order chi connectivity index (χ0) is 15.6. The smallest absolute Gasteiger partial charge is 0.340 e. The summed E-state index contributed by atoms with van der Waals surface area (Å²) in [6, 6.07) is 2.98. The molecule has 1 aromatic heterocycles. The Balaban J connectivity index is 2.37. The molecule has 0 spiro atoms. The lowest BCUT2D eigenvalue weighted by Gasteiger charge is -2.10. The van der Waals surface area contributed by atoms with Crippen LogP contribution in [0.1, 0.15) is 10.4 Å². The number of nitrogens with zero attached hydrogens (tertiary/aromatic N) is 1. The minimum absolute atomic E-state index is 0.0120. The van der Waals surface area contributed by atoms with E-state index in [0.29, 0.717) is 0 Å². The number of ether oxygens (including phenoxy) is 1. The zero-order valence-electron chi connectivity index (χ0n) is 10.8. The second-order valence-corrected chi connectivity index (χ2v) is 4.00. The molecular weight excluding hydrogens is 287 g/mol. The number of halogens is 3. The minimum Gasteiger partial charge on any atom is -0.465 e. The van der Waals surface area contributed by atoms with Crippen molar-refractivity contribution in [2.75, 3.05) is 18.2 Å². The highest BCUT2D eigenvalue weighted by Crippen LogP contribution is 2.24. The summed E-state index contributed by atoms with van der Waals surface area (Å²) in [4.78, 5) is 15.3. The van der Waals surface area contributed by atoms with Crippen molar-refractivity contribution in [3.63, 3.8) is 0 Å². The number of hydrogen-bond donors (Lipinski definition) is 2. The quantitative estimate of drug-likeness (QED) is 0.672. The van der Waals surface area contributed by atoms with Crippen molar-refractivity contribution in [3.8, 4) is 0 Å². The summed E-state index contributed by atoms with van der Waals surface area (Å²) in [7, 11) is 1.17. The summed E-state index contributed by atoms with van der Waals surface area (Å²) >= 11 is 0. The number of benzene rings is 1. The largest absolute Gasteiger partial charge is 0.465 e. The molecule has 0 fully saturated rings. The summed E-state index contributed by atoms with van der Waals surface area (Å²) in [5, 5.41) is 2.43. The van der Waals surface area contributed by atoms with E-state index in [1.165, 1.54) is 13.2 Å². The van der Waals surface area contributed by atoms with Gasteiger partial charge < -0.3 is 15.8 Å². The first-order chi connectivity index (χ1) is 9.93. The van der Waals surface area contributed by atoms with Gasteiger partial charge in [-0.25, -0.2) is 22.9 Å². The van der Waals surface area contributed by atoms with Gasteiger partial charge in [0.2, 0.25) is 0 Å². The Bertz CT molecular complexity index is 707. The number of rotatable bonds is 3. The third kappa shape index (κ3) is 2.88. The van der Waals surface area contributed by atoms with Crippen LogP contribution in [0.15, 0.2) is 24.4 Å². The average Bonchev–Trinajstić information content (AvgIpc) is 2.49. The summed E-state index contributed by atoms with van der Waals surface area (Å²) in [5.74, 6) is -4.99. The van der Waals surface area contributed by atoms with Crippen LogP contribution in [0.4, 0.5) is 30.4 Å². The van der Waals surface area contributed by atoms with Gasteiger partial charge in [0.05, 0.1) is 30.2 Å². The van der Waals surface area contributed by atoms with Crippen LogP contribution < -0.4 is 11.1 Å². The second-order valence-electron chi connectivity index (χ2n) is 4.00. The fourth-order valence-corrected chi connectivity index (χ4v) is 1.58. The van der Waals surface area contributed by atoms with Gasteiger partial charge in [-0.3, -0.25) is 0 Å². The second kappa shape index (κ2) is 5.70. The fraction of sp³-hybridized carbons (Fsp3) is 0.0769. The molecule has 0 aliphatic heterocycles. The molecule has 0 atom stereocenters. The number of hydrogen-bond acceptors (Lipinski definition) is 5. The first-order valence-corrected chi connectivity index (χ1v) is 5.68. The zero-order valence-corrected chi connectivity index (χ0v) is 10.8. The van der Waals surface area contributed by atoms with Crippen LogP contribution in [0.25, 0.3) is 0 Å². The highest BCUT2D eigenvalue weighted by atomic mass is 19.2. The molecule has 0 amide bonds. The van der Waals surface area contributed by atoms with Gasteiger partial charge in [-0.1, -0.05) is 0 Å². The third-order valence-electron chi connectivity index (χ3n) is 2.64. The fourth-order valence-electron chi connectivity index (χ4n) is 1.58. The van der Waals surface area contributed by atoms with Gasteiger partial charge in [-0.05, 0) is 18.2 Å². The van der Waals surface area contributed by atoms with Gasteiger partial charge >= 0.3 is 5.97 Å². The Kier molecular flexibility index (Phi) is 3.97. The molecule has 0 aliphatic carbocycles. The van der Waals surface area contributed by atoms with Crippen LogP contribution in [0.2, 0.25) is 0 Å². The van der Waals surface area contributed by atoms with Crippen molar-refractivity contribution >= 4 is 23.2 Å². The maximum Gasteiger partial charge on any atom is 0.340 e. The highest BCUT2D eigenvalue weighted by molar-refractivity contribution is 5.95. The number of nitrogen functional groups attached to an aromatic ring is 1. The Morgan fingerprint density at radius 1 is 1.29 bits per heavy atom. The molecule has 1 aromatic carbocycles. The third-order valence-corrected chi connectivity index (χ3v) is 2.64. The standard InChI is InChI=1S/C13H10F3N3O2/c1-21-13(20)6-4-10(18-5-8(6)17)19-9-3-2-7(14)11(15)12(9)16/h2-5H,17H2,1H3,(H,18,19). The summed E-state index contributed by atoms with van der Waals surface area (Å²) in [6.45, 7) is 0. The first-order valence-electron chi connectivity index (χ1n) is 5.68. The number of carbonyl (C=O) groups excluding carboxylic acids is 1. The van der Waals surface area contributed by atoms with E-state index in [2.05, 4.69) is 15.0 Å². The van der Waals surface area contributed by atoms with E-state index in [1.54, 1.807) is 0 Å². The monoisotopic (exact) mass is 297 g/mol. The van der Waals surface area contributed by atoms with Crippen molar-refractivity contribution in [2.24, 2.45) is 0 Å². The van der Waals surface area contributed by atoms with Crippen molar-refractivity contribution in [3.05, 3.63) is 47.4 Å². The molecule has 0 bridgehead atoms.